The number of hydrogen-bond acceptors (Lipinski definition) is 5. The van der Waals surface area contributed by atoms with E-state index >= 15 is 0 Å². The Morgan fingerprint density at radius 1 is 1.10 bits per heavy atom. The summed E-state index contributed by atoms with van der Waals surface area (Å²) in [5.41, 5.74) is 1.00. The molecule has 0 spiro atoms. The van der Waals surface area contributed by atoms with Gasteiger partial charge in [-0.25, -0.2) is 13.1 Å². The van der Waals surface area contributed by atoms with E-state index in [4.69, 9.17) is 0 Å². The summed E-state index contributed by atoms with van der Waals surface area (Å²) in [4.78, 5) is 5.23. The summed E-state index contributed by atoms with van der Waals surface area (Å²) in [7, 11) is -1.92. The Labute approximate surface area is 204 Å². The molecule has 4 N–H and O–H groups in total. The second-order valence-corrected chi connectivity index (χ2v) is 9.68. The fourth-order valence-electron chi connectivity index (χ4n) is 2.85. The van der Waals surface area contributed by atoms with Crippen molar-refractivity contribution in [3.8, 4) is 0 Å². The van der Waals surface area contributed by atoms with Gasteiger partial charge < -0.3 is 15.7 Å². The van der Waals surface area contributed by atoms with Crippen LogP contribution >= 0.6 is 35.3 Å². The molecule has 0 aliphatic carbocycles. The van der Waals surface area contributed by atoms with E-state index in [0.29, 0.717) is 19.0 Å². The second kappa shape index (κ2) is 11.8. The first-order valence-corrected chi connectivity index (χ1v) is 11.9. The zero-order valence-corrected chi connectivity index (χ0v) is 21.3. The van der Waals surface area contributed by atoms with Gasteiger partial charge in [0.2, 0.25) is 10.0 Å². The third-order valence-electron chi connectivity index (χ3n) is 4.50. The monoisotopic (exact) mass is 574 g/mol. The van der Waals surface area contributed by atoms with Crippen LogP contribution in [0.1, 0.15) is 16.5 Å². The van der Waals surface area contributed by atoms with E-state index in [0.717, 1.165) is 20.5 Å². The molecule has 0 aliphatic heterocycles. The average Bonchev–Trinajstić information content (AvgIpc) is 3.18. The minimum atomic E-state index is -3.55. The lowest BCUT2D eigenvalue weighted by Crippen LogP contribution is -2.42. The molecule has 0 aliphatic rings. The predicted octanol–water partition coefficient (Wildman–Crippen LogP) is 3.00. The molecule has 3 aromatic rings. The molecule has 10 heteroatoms. The van der Waals surface area contributed by atoms with Crippen molar-refractivity contribution in [3.63, 3.8) is 0 Å². The zero-order valence-electron chi connectivity index (χ0n) is 17.3. The summed E-state index contributed by atoms with van der Waals surface area (Å²) >= 11 is 1.56. The molecule has 0 radical (unpaired) electrons. The molecule has 0 fully saturated rings. The van der Waals surface area contributed by atoms with Gasteiger partial charge in [0.1, 0.15) is 6.10 Å². The van der Waals surface area contributed by atoms with Gasteiger partial charge in [0, 0.05) is 36.3 Å². The van der Waals surface area contributed by atoms with Gasteiger partial charge in [-0.2, -0.15) is 0 Å². The molecule has 1 aromatic heterocycles. The van der Waals surface area contributed by atoms with E-state index in [1.807, 2.05) is 37.3 Å². The number of halogens is 1. The number of rotatable bonds is 8. The third-order valence-corrected chi connectivity index (χ3v) is 7.19. The first-order chi connectivity index (χ1) is 14.4. The average molecular weight is 575 g/mol. The molecular formula is C21H27IN4O3S2. The Morgan fingerprint density at radius 2 is 1.81 bits per heavy atom. The maximum absolute atomic E-state index is 12.3. The van der Waals surface area contributed by atoms with Crippen molar-refractivity contribution < 1.29 is 13.5 Å². The molecule has 31 heavy (non-hydrogen) atoms. The molecule has 0 saturated carbocycles. The smallest absolute Gasteiger partial charge is 0.240 e. The van der Waals surface area contributed by atoms with E-state index in [1.54, 1.807) is 42.6 Å². The standard InChI is InChI=1S/C21H26N4O3S2.HI/c1-15-7-9-17(10-8-15)30(27,28)25-12-11-23-21(22-2)24-14-18(26)20-13-16-5-3-4-6-19(16)29-20;/h3-10,13,18,25-26H,11-12,14H2,1-2H3,(H2,22,23,24);1H. The molecular weight excluding hydrogens is 547 g/mol. The van der Waals surface area contributed by atoms with Crippen molar-refractivity contribution in [1.82, 2.24) is 15.4 Å². The highest BCUT2D eigenvalue weighted by Gasteiger charge is 2.14. The normalized spacial score (nSPS) is 12.9. The van der Waals surface area contributed by atoms with Gasteiger partial charge in [-0.3, -0.25) is 4.99 Å². The first kappa shape index (κ1) is 25.5. The number of aliphatic hydroxyl groups excluding tert-OH is 1. The number of aryl methyl sites for hydroxylation is 1. The number of hydrogen-bond donors (Lipinski definition) is 4. The highest BCUT2D eigenvalue weighted by Crippen LogP contribution is 2.29. The van der Waals surface area contributed by atoms with Gasteiger partial charge in [0.15, 0.2) is 5.96 Å². The lowest BCUT2D eigenvalue weighted by Gasteiger charge is -2.15. The molecule has 2 aromatic carbocycles. The van der Waals surface area contributed by atoms with Crippen LogP contribution in [0.3, 0.4) is 0 Å². The number of nitrogens with zero attached hydrogens (tertiary/aromatic N) is 1. The van der Waals surface area contributed by atoms with Gasteiger partial charge in [0.25, 0.3) is 0 Å². The van der Waals surface area contributed by atoms with Crippen LogP contribution in [0.4, 0.5) is 0 Å². The Balaban J connectivity index is 0.00000341. The molecule has 1 unspecified atom stereocenters. The Kier molecular flexibility index (Phi) is 9.69. The molecule has 1 atom stereocenters. The number of aliphatic hydroxyl groups is 1. The lowest BCUT2D eigenvalue weighted by molar-refractivity contribution is 0.184. The Morgan fingerprint density at radius 3 is 2.48 bits per heavy atom. The number of thiophene rings is 1. The van der Waals surface area contributed by atoms with Gasteiger partial charge in [-0.05, 0) is 36.6 Å². The number of aliphatic imine (C=N–C) groups is 1. The van der Waals surface area contributed by atoms with Crippen molar-refractivity contribution in [2.45, 2.75) is 17.9 Å². The van der Waals surface area contributed by atoms with E-state index in [9.17, 15) is 13.5 Å². The minimum Gasteiger partial charge on any atom is -0.386 e. The maximum atomic E-state index is 12.3. The summed E-state index contributed by atoms with van der Waals surface area (Å²) in [6.07, 6.45) is -0.666. The van der Waals surface area contributed by atoms with Crippen LogP contribution in [-0.2, 0) is 10.0 Å². The summed E-state index contributed by atoms with van der Waals surface area (Å²) < 4.78 is 28.3. The zero-order chi connectivity index (χ0) is 21.6. The van der Waals surface area contributed by atoms with Crippen molar-refractivity contribution in [3.05, 3.63) is 65.0 Å². The number of guanidine groups is 1. The molecule has 0 saturated heterocycles. The minimum absolute atomic E-state index is 0. The molecule has 3 rings (SSSR count). The maximum Gasteiger partial charge on any atom is 0.240 e. The van der Waals surface area contributed by atoms with Crippen LogP contribution in [-0.4, -0.2) is 46.2 Å². The summed E-state index contributed by atoms with van der Waals surface area (Å²) in [6.45, 7) is 2.76. The van der Waals surface area contributed by atoms with Crippen LogP contribution in [0.15, 0.2) is 64.5 Å². The fraction of sp³-hybridized carbons (Fsp3) is 0.286. The van der Waals surface area contributed by atoms with Gasteiger partial charge in [0.05, 0.1) is 4.90 Å². The fourth-order valence-corrected chi connectivity index (χ4v) is 4.93. The van der Waals surface area contributed by atoms with E-state index in [1.165, 1.54) is 0 Å². The number of benzene rings is 2. The first-order valence-electron chi connectivity index (χ1n) is 9.56. The SMILES string of the molecule is CN=C(NCCNS(=O)(=O)c1ccc(C)cc1)NCC(O)c1cc2ccccc2s1.I. The number of fused-ring (bicyclic) bond motifs is 1. The van der Waals surface area contributed by atoms with Crippen LogP contribution in [0.2, 0.25) is 0 Å². The van der Waals surface area contributed by atoms with Gasteiger partial charge in [-0.1, -0.05) is 35.9 Å². The Hall–Kier alpha value is -1.73. The largest absolute Gasteiger partial charge is 0.386 e. The van der Waals surface area contributed by atoms with E-state index < -0.39 is 16.1 Å². The van der Waals surface area contributed by atoms with Crippen LogP contribution < -0.4 is 15.4 Å². The van der Waals surface area contributed by atoms with E-state index in [-0.39, 0.29) is 35.4 Å². The number of nitrogens with one attached hydrogen (secondary N) is 3. The molecule has 1 heterocycles. The topological polar surface area (TPSA) is 103 Å². The highest BCUT2D eigenvalue weighted by molar-refractivity contribution is 14.0. The molecule has 0 bridgehead atoms. The Bertz CT molecular complexity index is 1080. The van der Waals surface area contributed by atoms with Crippen molar-refractivity contribution in [1.29, 1.82) is 0 Å². The van der Waals surface area contributed by atoms with Crippen molar-refractivity contribution in [2.75, 3.05) is 26.7 Å². The van der Waals surface area contributed by atoms with E-state index in [2.05, 4.69) is 20.3 Å². The summed E-state index contributed by atoms with van der Waals surface area (Å²) in [5.74, 6) is 0.490. The quantitative estimate of drug-likeness (QED) is 0.144. The third kappa shape index (κ3) is 7.14. The summed E-state index contributed by atoms with van der Waals surface area (Å²) in [6, 6.07) is 16.7. The highest BCUT2D eigenvalue weighted by atomic mass is 127. The molecule has 7 nitrogen and oxygen atoms in total. The number of sulfonamides is 1. The molecule has 168 valence electrons. The summed E-state index contributed by atoms with van der Waals surface area (Å²) in [5, 5.41) is 17.7. The van der Waals surface area contributed by atoms with Crippen LogP contribution in [0.5, 0.6) is 0 Å². The predicted molar refractivity (Wildman–Crippen MR) is 138 cm³/mol. The van der Waals surface area contributed by atoms with Crippen molar-refractivity contribution >= 4 is 61.4 Å². The molecule has 0 amide bonds. The second-order valence-electron chi connectivity index (χ2n) is 6.79. The lowest BCUT2D eigenvalue weighted by atomic mass is 10.2. The van der Waals surface area contributed by atoms with Gasteiger partial charge >= 0.3 is 0 Å². The van der Waals surface area contributed by atoms with Gasteiger partial charge in [-0.15, -0.1) is 35.3 Å². The van der Waals surface area contributed by atoms with Crippen LogP contribution in [0, 0.1) is 6.92 Å². The van der Waals surface area contributed by atoms with Crippen molar-refractivity contribution in [2.24, 2.45) is 4.99 Å². The van der Waals surface area contributed by atoms with Crippen LogP contribution in [0.25, 0.3) is 10.1 Å².